The Kier molecular flexibility index (Phi) is 13.0. The molecule has 1 unspecified atom stereocenters. The highest BCUT2D eigenvalue weighted by Gasteiger charge is 2.20. The van der Waals surface area contributed by atoms with Gasteiger partial charge >= 0.3 is 0 Å². The lowest BCUT2D eigenvalue weighted by Crippen LogP contribution is -2.35. The second kappa shape index (κ2) is 17.9. The van der Waals surface area contributed by atoms with Crippen LogP contribution in [0.3, 0.4) is 0 Å². The van der Waals surface area contributed by atoms with Crippen LogP contribution in [0.2, 0.25) is 0 Å². The number of nitrogens with zero attached hydrogens (tertiary/aromatic N) is 2. The summed E-state index contributed by atoms with van der Waals surface area (Å²) in [5.74, 6) is 0.607. The third-order valence-corrected chi connectivity index (χ3v) is 6.87. The summed E-state index contributed by atoms with van der Waals surface area (Å²) in [5.41, 5.74) is 1.91. The third-order valence-electron chi connectivity index (χ3n) is 6.87. The molecule has 0 aliphatic heterocycles. The van der Waals surface area contributed by atoms with Gasteiger partial charge in [-0.15, -0.1) is 6.58 Å². The van der Waals surface area contributed by atoms with Crippen LogP contribution in [0.25, 0.3) is 16.8 Å². The van der Waals surface area contributed by atoms with Crippen molar-refractivity contribution < 1.29 is 28.7 Å². The normalized spacial score (nSPS) is 11.5. The van der Waals surface area contributed by atoms with Crippen LogP contribution in [-0.4, -0.2) is 30.4 Å². The van der Waals surface area contributed by atoms with E-state index in [0.717, 1.165) is 41.7 Å². The number of para-hydroxylation sites is 1. The number of carboxylic acid groups (broad SMARTS) is 1. The van der Waals surface area contributed by atoms with Gasteiger partial charge in [-0.25, -0.2) is 9.13 Å². The minimum absolute atomic E-state index is 0.127. The maximum absolute atomic E-state index is 9.97. The lowest BCUT2D eigenvalue weighted by atomic mass is 10.1. The van der Waals surface area contributed by atoms with Gasteiger partial charge in [0.15, 0.2) is 0 Å². The molecule has 4 aromatic carbocycles. The minimum Gasteiger partial charge on any atom is -0.545 e. The van der Waals surface area contributed by atoms with E-state index in [1.807, 2.05) is 61.5 Å². The van der Waals surface area contributed by atoms with Gasteiger partial charge in [0.1, 0.15) is 36.5 Å². The van der Waals surface area contributed by atoms with Gasteiger partial charge in [0.25, 0.3) is 0 Å². The summed E-state index contributed by atoms with van der Waals surface area (Å²) in [5, 5.41) is 12.4. The number of aromatic nitrogens is 2. The first-order valence-electron chi connectivity index (χ1n) is 15.1. The van der Waals surface area contributed by atoms with Crippen molar-refractivity contribution in [2.75, 3.05) is 19.8 Å². The molecule has 7 nitrogen and oxygen atoms in total. The summed E-state index contributed by atoms with van der Waals surface area (Å²) in [4.78, 5) is 9.97. The highest BCUT2D eigenvalue weighted by molar-refractivity contribution is 5.84. The maximum atomic E-state index is 9.97. The van der Waals surface area contributed by atoms with E-state index in [9.17, 15) is 9.90 Å². The van der Waals surface area contributed by atoms with E-state index in [1.165, 1.54) is 16.8 Å². The van der Waals surface area contributed by atoms with Gasteiger partial charge < -0.3 is 24.1 Å². The Morgan fingerprint density at radius 1 is 0.956 bits per heavy atom. The SMILES string of the molecule is C=CCOC(C[n+]1ccn(CCCOc2ccc3ccccc3c2)c1)c1ccccc1OCC.O=C([O-])C=Cc1ccccc1. The zero-order valence-corrected chi connectivity index (χ0v) is 25.7. The molecule has 5 rings (SSSR count). The summed E-state index contributed by atoms with van der Waals surface area (Å²) < 4.78 is 22.3. The molecule has 0 saturated heterocycles. The van der Waals surface area contributed by atoms with Gasteiger partial charge in [-0.3, -0.25) is 0 Å². The average molecular weight is 605 g/mol. The van der Waals surface area contributed by atoms with Crippen LogP contribution >= 0.6 is 0 Å². The molecule has 0 N–H and O–H groups in total. The summed E-state index contributed by atoms with van der Waals surface area (Å²) >= 11 is 0. The Hall–Kier alpha value is -5.14. The maximum Gasteiger partial charge on any atom is 0.243 e. The number of carbonyl (C=O) groups is 1. The van der Waals surface area contributed by atoms with E-state index in [4.69, 9.17) is 14.2 Å². The van der Waals surface area contributed by atoms with E-state index in [2.05, 4.69) is 76.9 Å². The molecule has 0 fully saturated rings. The molecular weight excluding hydrogens is 564 g/mol. The average Bonchev–Trinajstić information content (AvgIpc) is 3.52. The molecule has 5 aromatic rings. The fourth-order valence-electron chi connectivity index (χ4n) is 4.75. The molecule has 1 aromatic heterocycles. The molecule has 0 radical (unpaired) electrons. The van der Waals surface area contributed by atoms with E-state index in [1.54, 1.807) is 6.08 Å². The first-order chi connectivity index (χ1) is 22.1. The first kappa shape index (κ1) is 32.8. The molecule has 0 saturated carbocycles. The van der Waals surface area contributed by atoms with E-state index >= 15 is 0 Å². The Morgan fingerprint density at radius 3 is 2.49 bits per heavy atom. The number of aliphatic carboxylic acids is 1. The molecular formula is C38H40N2O5. The van der Waals surface area contributed by atoms with Crippen molar-refractivity contribution in [2.24, 2.45) is 0 Å². The van der Waals surface area contributed by atoms with Gasteiger partial charge in [-0.2, -0.15) is 0 Å². The number of ether oxygens (including phenoxy) is 3. The van der Waals surface area contributed by atoms with Crippen molar-refractivity contribution in [3.63, 3.8) is 0 Å². The number of imidazole rings is 1. The molecule has 0 aliphatic carbocycles. The molecule has 0 aliphatic rings. The van der Waals surface area contributed by atoms with Gasteiger partial charge in [-0.05, 0) is 47.5 Å². The van der Waals surface area contributed by atoms with Gasteiger partial charge in [0.05, 0.1) is 32.3 Å². The quantitative estimate of drug-likeness (QED) is 0.0617. The van der Waals surface area contributed by atoms with Crippen LogP contribution in [-0.2, 0) is 22.6 Å². The summed E-state index contributed by atoms with van der Waals surface area (Å²) in [6, 6.07) is 31.8. The van der Waals surface area contributed by atoms with Crippen LogP contribution < -0.4 is 19.1 Å². The second-order valence-electron chi connectivity index (χ2n) is 10.2. The molecule has 7 heteroatoms. The highest BCUT2D eigenvalue weighted by atomic mass is 16.5. The number of carboxylic acids is 1. The number of aryl methyl sites for hydroxylation is 1. The largest absolute Gasteiger partial charge is 0.545 e. The van der Waals surface area contributed by atoms with Gasteiger partial charge in [0, 0.05) is 12.0 Å². The minimum atomic E-state index is -1.17. The number of rotatable bonds is 15. The Labute approximate surface area is 265 Å². The van der Waals surface area contributed by atoms with Crippen molar-refractivity contribution in [3.05, 3.63) is 146 Å². The number of hydrogen-bond acceptors (Lipinski definition) is 5. The smallest absolute Gasteiger partial charge is 0.243 e. The van der Waals surface area contributed by atoms with Crippen LogP contribution in [0.4, 0.5) is 0 Å². The molecule has 0 amide bonds. The summed E-state index contributed by atoms with van der Waals surface area (Å²) in [7, 11) is 0. The van der Waals surface area contributed by atoms with Crippen molar-refractivity contribution in [3.8, 4) is 11.5 Å². The number of fused-ring (bicyclic) bond motifs is 1. The van der Waals surface area contributed by atoms with Gasteiger partial charge in [-0.1, -0.05) is 91.0 Å². The van der Waals surface area contributed by atoms with Crippen LogP contribution in [0.1, 0.15) is 30.6 Å². The lowest BCUT2D eigenvalue weighted by molar-refractivity contribution is -0.704. The molecule has 0 bridgehead atoms. The van der Waals surface area contributed by atoms with E-state index < -0.39 is 5.97 Å². The molecule has 232 valence electrons. The Bertz CT molecular complexity index is 1660. The molecule has 1 atom stereocenters. The standard InChI is InChI=1S/C29H33N2O3.C9H8O2/c1-3-19-34-29(27-12-7-8-13-28(27)32-4-2)22-31-18-17-30(23-31)16-9-20-33-26-15-14-24-10-5-6-11-25(24)21-26;10-9(11)7-6-8-4-2-1-3-5-8/h3,5-8,10-15,17-18,21,23,29H,1,4,9,16,19-20,22H2,2H3;1-7H,(H,10,11)/q+1;/p-1. The number of carbonyl (C=O) groups excluding carboxylic acids is 1. The molecule has 1 heterocycles. The molecule has 0 spiro atoms. The van der Waals surface area contributed by atoms with E-state index in [-0.39, 0.29) is 6.10 Å². The zero-order chi connectivity index (χ0) is 31.7. The van der Waals surface area contributed by atoms with Crippen molar-refractivity contribution in [2.45, 2.75) is 32.5 Å². The fourth-order valence-corrected chi connectivity index (χ4v) is 4.75. The van der Waals surface area contributed by atoms with Crippen molar-refractivity contribution in [1.29, 1.82) is 0 Å². The topological polar surface area (TPSA) is 76.6 Å². The van der Waals surface area contributed by atoms with Crippen molar-refractivity contribution >= 4 is 22.8 Å². The fraction of sp³-hybridized carbons (Fsp3) is 0.211. The lowest BCUT2D eigenvalue weighted by Gasteiger charge is -2.19. The van der Waals surface area contributed by atoms with Crippen LogP contribution in [0.5, 0.6) is 11.5 Å². The number of benzene rings is 4. The summed E-state index contributed by atoms with van der Waals surface area (Å²) in [6.07, 6.45) is 11.4. The van der Waals surface area contributed by atoms with Gasteiger partial charge in [0.2, 0.25) is 6.33 Å². The Balaban J connectivity index is 0.000000354. The molecule has 45 heavy (non-hydrogen) atoms. The first-order valence-corrected chi connectivity index (χ1v) is 15.1. The number of hydrogen-bond donors (Lipinski definition) is 0. The zero-order valence-electron chi connectivity index (χ0n) is 25.7. The predicted octanol–water partition coefficient (Wildman–Crippen LogP) is 6.19. The van der Waals surface area contributed by atoms with E-state index in [0.29, 0.717) is 26.4 Å². The predicted molar refractivity (Wildman–Crippen MR) is 176 cm³/mol. The highest BCUT2D eigenvalue weighted by Crippen LogP contribution is 2.28. The van der Waals surface area contributed by atoms with Crippen molar-refractivity contribution in [1.82, 2.24) is 4.57 Å². The van der Waals surface area contributed by atoms with Crippen LogP contribution in [0.15, 0.2) is 135 Å². The van der Waals surface area contributed by atoms with Crippen LogP contribution in [0, 0.1) is 0 Å². The third kappa shape index (κ3) is 10.8. The Morgan fingerprint density at radius 2 is 1.71 bits per heavy atom. The monoisotopic (exact) mass is 604 g/mol. The second-order valence-corrected chi connectivity index (χ2v) is 10.2. The summed E-state index contributed by atoms with van der Waals surface area (Å²) in [6.45, 7) is 9.14.